The van der Waals surface area contributed by atoms with E-state index in [9.17, 15) is 0 Å². The van der Waals surface area contributed by atoms with E-state index in [0.29, 0.717) is 6.79 Å². The minimum Gasteiger partial charge on any atom is -0.357 e. The molecule has 0 bridgehead atoms. The molecule has 0 fully saturated rings. The van der Waals surface area contributed by atoms with Gasteiger partial charge in [-0.2, -0.15) is 5.48 Å². The summed E-state index contributed by atoms with van der Waals surface area (Å²) in [5.41, 5.74) is 2.92. The normalized spacial score (nSPS) is 13.0. The van der Waals surface area contributed by atoms with Gasteiger partial charge in [-0.15, -0.1) is 0 Å². The second-order valence-electron chi connectivity index (χ2n) is 6.45. The van der Waals surface area contributed by atoms with Crippen molar-refractivity contribution >= 4 is 0 Å². The molecule has 0 spiro atoms. The van der Waals surface area contributed by atoms with Crippen molar-refractivity contribution in [2.45, 2.75) is 90.9 Å². The van der Waals surface area contributed by atoms with Crippen molar-refractivity contribution in [1.29, 1.82) is 0 Å². The molecular formula is C20H41NO2. The molecule has 1 N–H and O–H groups in total. The van der Waals surface area contributed by atoms with Crippen molar-refractivity contribution < 1.29 is 9.57 Å². The van der Waals surface area contributed by atoms with Crippen LogP contribution in [0.25, 0.3) is 0 Å². The standard InChI is InChI=1S/C20H41NO2/c1-4-6-8-12-16-20(15-7-5-2)17-13-10-9-11-14-18-21-23-19-22-3/h7,15,20-21H,4-6,8-14,16-19H2,1-3H3. The number of unbranched alkanes of at least 4 members (excludes halogenated alkanes) is 7. The number of allylic oxidation sites excluding steroid dienone is 2. The third-order valence-electron chi connectivity index (χ3n) is 4.21. The fraction of sp³-hybridized carbons (Fsp3) is 0.900. The summed E-state index contributed by atoms with van der Waals surface area (Å²) < 4.78 is 4.80. The number of nitrogens with one attached hydrogen (secondary N) is 1. The molecule has 0 aliphatic carbocycles. The van der Waals surface area contributed by atoms with E-state index in [2.05, 4.69) is 31.5 Å². The lowest BCUT2D eigenvalue weighted by Crippen LogP contribution is -2.17. The minimum atomic E-state index is 0.324. The number of methoxy groups -OCH3 is 1. The third kappa shape index (κ3) is 17.8. The van der Waals surface area contributed by atoms with Crippen molar-refractivity contribution in [1.82, 2.24) is 5.48 Å². The Kier molecular flexibility index (Phi) is 19.3. The summed E-state index contributed by atoms with van der Waals surface area (Å²) in [5, 5.41) is 0. The molecule has 0 aromatic heterocycles. The molecule has 3 heteroatoms. The summed E-state index contributed by atoms with van der Waals surface area (Å²) in [6, 6.07) is 0. The van der Waals surface area contributed by atoms with E-state index < -0.39 is 0 Å². The van der Waals surface area contributed by atoms with Gasteiger partial charge in [0.1, 0.15) is 0 Å². The number of hydroxylamine groups is 1. The Balaban J connectivity index is 3.52. The summed E-state index contributed by atoms with van der Waals surface area (Å²) in [7, 11) is 1.63. The van der Waals surface area contributed by atoms with Gasteiger partial charge in [0.05, 0.1) is 0 Å². The zero-order chi connectivity index (χ0) is 17.0. The van der Waals surface area contributed by atoms with E-state index in [4.69, 9.17) is 9.57 Å². The monoisotopic (exact) mass is 327 g/mol. The van der Waals surface area contributed by atoms with Gasteiger partial charge in [0.2, 0.25) is 0 Å². The van der Waals surface area contributed by atoms with Gasteiger partial charge in [-0.25, -0.2) is 0 Å². The SMILES string of the molecule is CCC=CC(CCCCCC)CCCCCCCNOCOC. The Hall–Kier alpha value is -0.380. The van der Waals surface area contributed by atoms with Gasteiger partial charge in [-0.1, -0.05) is 77.4 Å². The number of rotatable bonds is 18. The zero-order valence-electron chi connectivity index (χ0n) is 15.9. The predicted molar refractivity (Wildman–Crippen MR) is 100 cm³/mol. The maximum atomic E-state index is 5.05. The second-order valence-corrected chi connectivity index (χ2v) is 6.45. The van der Waals surface area contributed by atoms with E-state index in [0.717, 1.165) is 12.5 Å². The molecule has 0 radical (unpaired) electrons. The Labute approximate surface area is 145 Å². The number of hydrogen-bond acceptors (Lipinski definition) is 3. The van der Waals surface area contributed by atoms with Crippen molar-refractivity contribution in [3.8, 4) is 0 Å². The van der Waals surface area contributed by atoms with Crippen LogP contribution in [-0.2, 0) is 9.57 Å². The van der Waals surface area contributed by atoms with Gasteiger partial charge in [0.25, 0.3) is 0 Å². The first-order valence-corrected chi connectivity index (χ1v) is 9.85. The smallest absolute Gasteiger partial charge is 0.166 e. The highest BCUT2D eigenvalue weighted by atomic mass is 16.7. The molecule has 1 atom stereocenters. The highest BCUT2D eigenvalue weighted by molar-refractivity contribution is 4.87. The molecule has 0 aliphatic heterocycles. The van der Waals surface area contributed by atoms with Crippen LogP contribution in [-0.4, -0.2) is 20.4 Å². The average molecular weight is 328 g/mol. The zero-order valence-corrected chi connectivity index (χ0v) is 15.9. The summed E-state index contributed by atoms with van der Waals surface area (Å²) in [4.78, 5) is 5.05. The summed E-state index contributed by atoms with van der Waals surface area (Å²) >= 11 is 0. The fourth-order valence-electron chi connectivity index (χ4n) is 2.81. The largest absolute Gasteiger partial charge is 0.357 e. The van der Waals surface area contributed by atoms with E-state index in [1.807, 2.05) is 0 Å². The Morgan fingerprint density at radius 3 is 2.17 bits per heavy atom. The molecule has 0 aromatic rings. The molecule has 0 amide bonds. The number of ether oxygens (including phenoxy) is 1. The Morgan fingerprint density at radius 1 is 0.870 bits per heavy atom. The van der Waals surface area contributed by atoms with Gasteiger partial charge < -0.3 is 4.74 Å². The van der Waals surface area contributed by atoms with E-state index in [1.165, 1.54) is 77.0 Å². The third-order valence-corrected chi connectivity index (χ3v) is 4.21. The van der Waals surface area contributed by atoms with Crippen LogP contribution >= 0.6 is 0 Å². The maximum absolute atomic E-state index is 5.05. The van der Waals surface area contributed by atoms with Crippen molar-refractivity contribution in [3.05, 3.63) is 12.2 Å². The highest BCUT2D eigenvalue weighted by Gasteiger charge is 2.04. The van der Waals surface area contributed by atoms with Crippen molar-refractivity contribution in [3.63, 3.8) is 0 Å². The first-order chi connectivity index (χ1) is 11.3. The summed E-state index contributed by atoms with van der Waals surface area (Å²) in [6.07, 6.45) is 20.8. The molecule has 0 aliphatic rings. The molecule has 0 rings (SSSR count). The van der Waals surface area contributed by atoms with Crippen LogP contribution in [0.1, 0.15) is 90.9 Å². The molecule has 0 saturated heterocycles. The molecule has 0 heterocycles. The van der Waals surface area contributed by atoms with Crippen LogP contribution in [0.5, 0.6) is 0 Å². The lowest BCUT2D eigenvalue weighted by Gasteiger charge is -2.12. The summed E-state index contributed by atoms with van der Waals surface area (Å²) in [5.74, 6) is 0.816. The van der Waals surface area contributed by atoms with Gasteiger partial charge in [-0.3, -0.25) is 4.84 Å². The van der Waals surface area contributed by atoms with Gasteiger partial charge in [0.15, 0.2) is 6.79 Å². The maximum Gasteiger partial charge on any atom is 0.166 e. The molecule has 3 nitrogen and oxygen atoms in total. The van der Waals surface area contributed by atoms with Crippen LogP contribution in [0.3, 0.4) is 0 Å². The lowest BCUT2D eigenvalue weighted by atomic mass is 9.94. The van der Waals surface area contributed by atoms with Gasteiger partial charge in [0, 0.05) is 13.7 Å². The van der Waals surface area contributed by atoms with E-state index in [1.54, 1.807) is 7.11 Å². The fourth-order valence-corrected chi connectivity index (χ4v) is 2.81. The molecule has 138 valence electrons. The first-order valence-electron chi connectivity index (χ1n) is 9.85. The van der Waals surface area contributed by atoms with Crippen molar-refractivity contribution in [2.75, 3.05) is 20.4 Å². The van der Waals surface area contributed by atoms with Crippen LogP contribution in [0.2, 0.25) is 0 Å². The topological polar surface area (TPSA) is 30.5 Å². The minimum absolute atomic E-state index is 0.324. The Bertz CT molecular complexity index is 244. The molecule has 0 saturated carbocycles. The molecule has 23 heavy (non-hydrogen) atoms. The van der Waals surface area contributed by atoms with Crippen LogP contribution in [0.15, 0.2) is 12.2 Å². The first kappa shape index (κ1) is 22.6. The average Bonchev–Trinajstić information content (AvgIpc) is 2.57. The van der Waals surface area contributed by atoms with Crippen molar-refractivity contribution in [2.24, 2.45) is 5.92 Å². The van der Waals surface area contributed by atoms with Gasteiger partial charge in [-0.05, 0) is 31.6 Å². The molecule has 1 unspecified atom stereocenters. The van der Waals surface area contributed by atoms with Crippen LogP contribution in [0, 0.1) is 5.92 Å². The summed E-state index contributed by atoms with van der Waals surface area (Å²) in [6.45, 7) is 5.76. The van der Waals surface area contributed by atoms with Crippen LogP contribution < -0.4 is 5.48 Å². The Morgan fingerprint density at radius 2 is 1.52 bits per heavy atom. The number of hydrogen-bond donors (Lipinski definition) is 1. The van der Waals surface area contributed by atoms with Gasteiger partial charge >= 0.3 is 0 Å². The lowest BCUT2D eigenvalue weighted by molar-refractivity contribution is -0.0818. The second kappa shape index (κ2) is 19.7. The highest BCUT2D eigenvalue weighted by Crippen LogP contribution is 2.20. The molecular weight excluding hydrogens is 286 g/mol. The quantitative estimate of drug-likeness (QED) is 0.145. The molecule has 0 aromatic carbocycles. The van der Waals surface area contributed by atoms with E-state index in [-0.39, 0.29) is 0 Å². The van der Waals surface area contributed by atoms with E-state index >= 15 is 0 Å². The predicted octanol–water partition coefficient (Wildman–Crippen LogP) is 6.00. The van der Waals surface area contributed by atoms with Crippen LogP contribution in [0.4, 0.5) is 0 Å².